The van der Waals surface area contributed by atoms with Gasteiger partial charge in [-0.05, 0) is 26.0 Å². The number of benzene rings is 1. The van der Waals surface area contributed by atoms with E-state index in [0.717, 1.165) is 0 Å². The van der Waals surface area contributed by atoms with Crippen molar-refractivity contribution >= 4 is 5.91 Å². The molecule has 0 aliphatic rings. The summed E-state index contributed by atoms with van der Waals surface area (Å²) >= 11 is 0. The first kappa shape index (κ1) is 8.30. The lowest BCUT2D eigenvalue weighted by Gasteiger charge is -2.18. The number of rotatable bonds is 3. The van der Waals surface area contributed by atoms with Crippen LogP contribution in [0.25, 0.3) is 0 Å². The number of carbonyl (C=O) groups excluding carboxylic acids is 1. The number of hydrogen-bond donors (Lipinski definition) is 0. The van der Waals surface area contributed by atoms with Crippen molar-refractivity contribution < 1.29 is 6.17 Å². The van der Waals surface area contributed by atoms with Gasteiger partial charge in [0, 0.05) is 18.7 Å². The second-order valence-corrected chi connectivity index (χ2v) is 2.75. The summed E-state index contributed by atoms with van der Waals surface area (Å²) in [7, 11) is 0. The zero-order valence-corrected chi connectivity index (χ0v) is 8.08. The summed E-state index contributed by atoms with van der Waals surface area (Å²) in [4.78, 5) is 13.5. The molecule has 0 aliphatic carbocycles. The Morgan fingerprint density at radius 2 is 2.08 bits per heavy atom. The zero-order valence-electron chi connectivity index (χ0n) is 9.08. The molecule has 2 nitrogen and oxygen atoms in total. The molecular weight excluding hydrogens is 162 g/mol. The molecule has 0 spiro atoms. The van der Waals surface area contributed by atoms with Crippen molar-refractivity contribution in [2.24, 2.45) is 0 Å². The Morgan fingerprint density at radius 1 is 1.38 bits per heavy atom. The van der Waals surface area contributed by atoms with Crippen LogP contribution in [0.15, 0.2) is 30.3 Å². The number of amides is 1. The monoisotopic (exact) mass is 178 g/mol. The smallest absolute Gasteiger partial charge is 0.253 e. The minimum atomic E-state index is -0.0550. The molecule has 2 heteroatoms. The fourth-order valence-corrected chi connectivity index (χ4v) is 1.21. The van der Waals surface area contributed by atoms with Crippen LogP contribution >= 0.6 is 0 Å². The van der Waals surface area contributed by atoms with Gasteiger partial charge in [0.1, 0.15) is 0 Å². The fraction of sp³-hybridized carbons (Fsp3) is 0.364. The SMILES string of the molecule is [2H]c1ccccc1C(=O)N(CC)CC. The van der Waals surface area contributed by atoms with Crippen LogP contribution in [0.4, 0.5) is 0 Å². The van der Waals surface area contributed by atoms with Gasteiger partial charge in [0.15, 0.2) is 0 Å². The van der Waals surface area contributed by atoms with Crippen molar-refractivity contribution in [2.45, 2.75) is 13.8 Å². The van der Waals surface area contributed by atoms with Gasteiger partial charge >= 0.3 is 0 Å². The first-order valence-electron chi connectivity index (χ1n) is 5.05. The van der Waals surface area contributed by atoms with Crippen molar-refractivity contribution in [3.05, 3.63) is 35.9 Å². The summed E-state index contributed by atoms with van der Waals surface area (Å²) in [6.45, 7) is 5.25. The average Bonchev–Trinajstić information content (AvgIpc) is 2.20. The molecule has 1 amide bonds. The first-order chi connectivity index (χ1) is 6.70. The molecule has 0 heterocycles. The van der Waals surface area contributed by atoms with Crippen molar-refractivity contribution in [1.29, 1.82) is 0 Å². The molecule has 0 atom stereocenters. The highest BCUT2D eigenvalue weighted by molar-refractivity contribution is 5.94. The Hall–Kier alpha value is -1.31. The van der Waals surface area contributed by atoms with E-state index in [4.69, 9.17) is 1.37 Å². The molecule has 1 rings (SSSR count). The number of hydrogen-bond acceptors (Lipinski definition) is 1. The van der Waals surface area contributed by atoms with E-state index in [-0.39, 0.29) is 5.91 Å². The van der Waals surface area contributed by atoms with E-state index < -0.39 is 0 Å². The molecule has 0 radical (unpaired) electrons. The Bertz CT molecular complexity index is 321. The minimum Gasteiger partial charge on any atom is -0.339 e. The third kappa shape index (κ3) is 2.31. The van der Waals surface area contributed by atoms with E-state index in [1.807, 2.05) is 13.8 Å². The highest BCUT2D eigenvalue weighted by Crippen LogP contribution is 2.03. The molecule has 0 saturated heterocycles. The second kappa shape index (κ2) is 4.65. The summed E-state index contributed by atoms with van der Waals surface area (Å²) in [5.41, 5.74) is 0.483. The summed E-state index contributed by atoms with van der Waals surface area (Å²) in [6.07, 6.45) is 0. The lowest BCUT2D eigenvalue weighted by Crippen LogP contribution is -2.30. The number of nitrogens with zero attached hydrogens (tertiary/aromatic N) is 1. The van der Waals surface area contributed by atoms with Gasteiger partial charge in [0.05, 0.1) is 1.37 Å². The van der Waals surface area contributed by atoms with Crippen LogP contribution in [0.3, 0.4) is 0 Å². The van der Waals surface area contributed by atoms with Crippen LogP contribution in [0.1, 0.15) is 25.6 Å². The van der Waals surface area contributed by atoms with Crippen LogP contribution < -0.4 is 0 Å². The number of carbonyl (C=O) groups is 1. The Labute approximate surface area is 80.6 Å². The Kier molecular flexibility index (Phi) is 2.97. The molecule has 0 N–H and O–H groups in total. The van der Waals surface area contributed by atoms with Crippen LogP contribution in [0.5, 0.6) is 0 Å². The fourth-order valence-electron chi connectivity index (χ4n) is 1.21. The van der Waals surface area contributed by atoms with Gasteiger partial charge < -0.3 is 4.90 Å². The zero-order chi connectivity index (χ0) is 10.6. The second-order valence-electron chi connectivity index (χ2n) is 2.75. The van der Waals surface area contributed by atoms with Gasteiger partial charge in [0.2, 0.25) is 0 Å². The molecule has 0 bridgehead atoms. The van der Waals surface area contributed by atoms with Crippen LogP contribution in [0.2, 0.25) is 0 Å². The van der Waals surface area contributed by atoms with Crippen LogP contribution in [-0.2, 0) is 0 Å². The lowest BCUT2D eigenvalue weighted by molar-refractivity contribution is 0.0773. The maximum Gasteiger partial charge on any atom is 0.253 e. The van der Waals surface area contributed by atoms with Crippen molar-refractivity contribution in [1.82, 2.24) is 4.90 Å². The molecule has 0 aromatic heterocycles. The largest absolute Gasteiger partial charge is 0.339 e. The highest BCUT2D eigenvalue weighted by atomic mass is 16.2. The quantitative estimate of drug-likeness (QED) is 0.694. The molecular formula is C11H15NO. The minimum absolute atomic E-state index is 0.0550. The van der Waals surface area contributed by atoms with Gasteiger partial charge in [-0.25, -0.2) is 0 Å². The van der Waals surface area contributed by atoms with Crippen molar-refractivity contribution in [2.75, 3.05) is 13.1 Å². The molecule has 1 aromatic carbocycles. The topological polar surface area (TPSA) is 20.3 Å². The van der Waals surface area contributed by atoms with E-state index in [0.29, 0.717) is 24.7 Å². The van der Waals surface area contributed by atoms with Crippen molar-refractivity contribution in [3.63, 3.8) is 0 Å². The lowest BCUT2D eigenvalue weighted by atomic mass is 10.2. The maximum absolute atomic E-state index is 11.8. The van der Waals surface area contributed by atoms with E-state index in [1.165, 1.54) is 0 Å². The van der Waals surface area contributed by atoms with Crippen LogP contribution in [0, 0.1) is 0 Å². The van der Waals surface area contributed by atoms with E-state index >= 15 is 0 Å². The van der Waals surface area contributed by atoms with E-state index in [9.17, 15) is 4.79 Å². The predicted octanol–water partition coefficient (Wildman–Crippen LogP) is 2.17. The highest BCUT2D eigenvalue weighted by Gasteiger charge is 2.10. The molecule has 0 unspecified atom stereocenters. The molecule has 13 heavy (non-hydrogen) atoms. The van der Waals surface area contributed by atoms with Gasteiger partial charge in [-0.3, -0.25) is 4.79 Å². The van der Waals surface area contributed by atoms with Crippen molar-refractivity contribution in [3.8, 4) is 0 Å². The maximum atomic E-state index is 11.8. The van der Waals surface area contributed by atoms with Crippen LogP contribution in [-0.4, -0.2) is 23.9 Å². The molecule has 70 valence electrons. The molecule has 0 saturated carbocycles. The molecule has 0 fully saturated rings. The van der Waals surface area contributed by atoms with E-state index in [2.05, 4.69) is 0 Å². The summed E-state index contributed by atoms with van der Waals surface area (Å²) in [6, 6.07) is 7.18. The molecule has 0 aliphatic heterocycles. The third-order valence-electron chi connectivity index (χ3n) is 1.99. The predicted molar refractivity (Wildman–Crippen MR) is 53.7 cm³/mol. The third-order valence-corrected chi connectivity index (χ3v) is 1.99. The standard InChI is InChI=1S/C11H15NO/c1-3-12(4-2)11(13)10-8-6-5-7-9-10/h5-9H,3-4H2,1-2H3/i8D. The summed E-state index contributed by atoms with van der Waals surface area (Å²) in [5, 5.41) is 0. The Morgan fingerprint density at radius 3 is 2.62 bits per heavy atom. The van der Waals surface area contributed by atoms with E-state index in [1.54, 1.807) is 29.2 Å². The summed E-state index contributed by atoms with van der Waals surface area (Å²) in [5.74, 6) is -0.0550. The molecule has 1 aromatic rings. The van der Waals surface area contributed by atoms with Gasteiger partial charge in [-0.15, -0.1) is 0 Å². The van der Waals surface area contributed by atoms with Gasteiger partial charge in [-0.1, -0.05) is 18.2 Å². The van der Waals surface area contributed by atoms with Gasteiger partial charge in [0.25, 0.3) is 5.91 Å². The average molecular weight is 178 g/mol. The summed E-state index contributed by atoms with van der Waals surface area (Å²) < 4.78 is 7.60. The van der Waals surface area contributed by atoms with Gasteiger partial charge in [-0.2, -0.15) is 0 Å². The normalized spacial score (nSPS) is 10.8. The first-order valence-corrected chi connectivity index (χ1v) is 4.55. The Balaban J connectivity index is 2.94.